The first-order valence-electron chi connectivity index (χ1n) is 11.9. The number of aromatic amines is 1. The summed E-state index contributed by atoms with van der Waals surface area (Å²) in [6.45, 7) is 8.23. The third-order valence-corrected chi connectivity index (χ3v) is 7.32. The Hall–Kier alpha value is -3.38. The molecule has 0 unspecified atom stereocenters. The number of fused-ring (bicyclic) bond motifs is 2. The minimum absolute atomic E-state index is 0.111. The summed E-state index contributed by atoms with van der Waals surface area (Å²) in [7, 11) is 0. The Morgan fingerprint density at radius 1 is 1.12 bits per heavy atom. The fourth-order valence-corrected chi connectivity index (χ4v) is 5.13. The van der Waals surface area contributed by atoms with E-state index in [0.717, 1.165) is 29.5 Å². The monoisotopic (exact) mass is 439 g/mol. The fourth-order valence-electron chi connectivity index (χ4n) is 5.13. The van der Waals surface area contributed by atoms with Crippen molar-refractivity contribution in [3.8, 4) is 0 Å². The Balaban J connectivity index is 1.10. The van der Waals surface area contributed by atoms with Crippen LogP contribution < -0.4 is 10.9 Å². The molecule has 0 radical (unpaired) electrons. The van der Waals surface area contributed by atoms with E-state index in [1.807, 2.05) is 18.2 Å². The van der Waals surface area contributed by atoms with Crippen LogP contribution >= 0.6 is 0 Å². The van der Waals surface area contributed by atoms with E-state index in [9.17, 15) is 4.79 Å². The summed E-state index contributed by atoms with van der Waals surface area (Å²) >= 11 is 0. The van der Waals surface area contributed by atoms with Gasteiger partial charge in [-0.1, -0.05) is 44.0 Å². The number of benzene rings is 1. The maximum Gasteiger partial charge on any atom is 0.258 e. The van der Waals surface area contributed by atoms with Crippen LogP contribution in [0.25, 0.3) is 22.2 Å². The molecular weight excluding hydrogens is 410 g/mol. The molecule has 2 aliphatic rings. The van der Waals surface area contributed by atoms with Gasteiger partial charge in [0.1, 0.15) is 5.65 Å². The van der Waals surface area contributed by atoms with Gasteiger partial charge in [-0.15, -0.1) is 0 Å². The molecule has 1 saturated carbocycles. The van der Waals surface area contributed by atoms with Crippen LogP contribution in [0.3, 0.4) is 0 Å². The average Bonchev–Trinajstić information content (AvgIpc) is 3.16. The maximum absolute atomic E-state index is 12.3. The predicted octanol–water partition coefficient (Wildman–Crippen LogP) is 4.17. The number of nitrogens with zero attached hydrogens (tertiary/aromatic N) is 3. The summed E-state index contributed by atoms with van der Waals surface area (Å²) in [4.78, 5) is 23.1. The molecule has 168 valence electrons. The molecule has 3 aromatic heterocycles. The molecule has 4 aromatic rings. The second-order valence-electron chi connectivity index (χ2n) is 9.60. The largest absolute Gasteiger partial charge is 0.380 e. The Labute approximate surface area is 193 Å². The molecule has 2 N–H and O–H groups in total. The van der Waals surface area contributed by atoms with Crippen molar-refractivity contribution < 1.29 is 0 Å². The van der Waals surface area contributed by atoms with Gasteiger partial charge in [-0.2, -0.15) is 0 Å². The molecule has 6 nitrogen and oxygen atoms in total. The van der Waals surface area contributed by atoms with E-state index in [1.54, 1.807) is 6.20 Å². The highest BCUT2D eigenvalue weighted by Crippen LogP contribution is 2.38. The van der Waals surface area contributed by atoms with Crippen molar-refractivity contribution in [1.29, 1.82) is 0 Å². The van der Waals surface area contributed by atoms with E-state index in [0.29, 0.717) is 23.6 Å². The van der Waals surface area contributed by atoms with E-state index < -0.39 is 0 Å². The summed E-state index contributed by atoms with van der Waals surface area (Å²) in [6.07, 6.45) is 6.05. The third kappa shape index (κ3) is 3.95. The molecule has 6 heteroatoms. The van der Waals surface area contributed by atoms with Crippen molar-refractivity contribution in [3.05, 3.63) is 88.6 Å². The van der Waals surface area contributed by atoms with Crippen molar-refractivity contribution in [3.63, 3.8) is 0 Å². The van der Waals surface area contributed by atoms with Crippen LogP contribution in [-0.4, -0.2) is 32.4 Å². The maximum atomic E-state index is 12.3. The number of aromatic nitrogens is 3. The second kappa shape index (κ2) is 8.19. The first-order chi connectivity index (χ1) is 16.1. The number of likely N-dealkylation sites (tertiary alicyclic amines) is 1. The Morgan fingerprint density at radius 3 is 2.82 bits per heavy atom. The van der Waals surface area contributed by atoms with Crippen LogP contribution in [0.4, 0.5) is 0 Å². The minimum atomic E-state index is -0.111. The molecule has 1 aromatic carbocycles. The van der Waals surface area contributed by atoms with Gasteiger partial charge in [0.15, 0.2) is 0 Å². The Morgan fingerprint density at radius 2 is 2.00 bits per heavy atom. The first kappa shape index (κ1) is 20.2. The van der Waals surface area contributed by atoms with Crippen LogP contribution in [0.2, 0.25) is 0 Å². The molecule has 1 aliphatic heterocycles. The molecule has 2 fully saturated rings. The van der Waals surface area contributed by atoms with E-state index in [-0.39, 0.29) is 5.56 Å². The molecule has 0 bridgehead atoms. The topological polar surface area (TPSA) is 65.4 Å². The SMILES string of the molecule is C=C(NCc1ccc2cc(CN3CC(C4CCC4)C3)[nH]c2c1)c1cc(=O)n2ccccc2n1. The molecular formula is C27H29N5O. The first-order valence-corrected chi connectivity index (χ1v) is 11.9. The molecule has 33 heavy (non-hydrogen) atoms. The Kier molecular flexibility index (Phi) is 5.03. The molecule has 0 spiro atoms. The number of H-pyrrole nitrogens is 1. The summed E-state index contributed by atoms with van der Waals surface area (Å²) in [5.41, 5.74) is 5.32. The molecule has 6 rings (SSSR count). The van der Waals surface area contributed by atoms with Crippen molar-refractivity contribution in [2.24, 2.45) is 11.8 Å². The van der Waals surface area contributed by atoms with Gasteiger partial charge in [0.05, 0.1) is 11.4 Å². The predicted molar refractivity (Wildman–Crippen MR) is 132 cm³/mol. The van der Waals surface area contributed by atoms with Crippen molar-refractivity contribution in [1.82, 2.24) is 24.6 Å². The lowest BCUT2D eigenvalue weighted by molar-refractivity contribution is 0.0204. The third-order valence-electron chi connectivity index (χ3n) is 7.32. The summed E-state index contributed by atoms with van der Waals surface area (Å²) in [6, 6.07) is 15.8. The zero-order valence-corrected chi connectivity index (χ0v) is 18.8. The normalized spacial score (nSPS) is 17.2. The molecule has 1 saturated heterocycles. The van der Waals surface area contributed by atoms with E-state index in [4.69, 9.17) is 0 Å². The van der Waals surface area contributed by atoms with Gasteiger partial charge in [0.2, 0.25) is 0 Å². The molecule has 0 atom stereocenters. The molecule has 4 heterocycles. The van der Waals surface area contributed by atoms with Crippen LogP contribution in [-0.2, 0) is 13.1 Å². The number of hydrogen-bond acceptors (Lipinski definition) is 4. The van der Waals surface area contributed by atoms with Gasteiger partial charge < -0.3 is 10.3 Å². The lowest BCUT2D eigenvalue weighted by atomic mass is 9.72. The number of nitrogens with one attached hydrogen (secondary N) is 2. The van der Waals surface area contributed by atoms with Crippen LogP contribution in [0.1, 0.15) is 36.2 Å². The van der Waals surface area contributed by atoms with Crippen LogP contribution in [0.15, 0.2) is 66.1 Å². The molecule has 1 aliphatic carbocycles. The highest BCUT2D eigenvalue weighted by molar-refractivity contribution is 5.81. The number of pyridine rings is 1. The van der Waals surface area contributed by atoms with Gasteiger partial charge in [0.25, 0.3) is 5.56 Å². The van der Waals surface area contributed by atoms with Gasteiger partial charge >= 0.3 is 0 Å². The number of rotatable bonds is 7. The zero-order valence-electron chi connectivity index (χ0n) is 18.8. The van der Waals surface area contributed by atoms with Crippen LogP contribution in [0.5, 0.6) is 0 Å². The lowest BCUT2D eigenvalue weighted by Crippen LogP contribution is -2.50. The summed E-state index contributed by atoms with van der Waals surface area (Å²) < 4.78 is 1.53. The van der Waals surface area contributed by atoms with Crippen molar-refractivity contribution >= 4 is 22.2 Å². The van der Waals surface area contributed by atoms with E-state index in [1.165, 1.54) is 53.9 Å². The Bertz CT molecular complexity index is 1390. The molecule has 0 amide bonds. The highest BCUT2D eigenvalue weighted by Gasteiger charge is 2.36. The highest BCUT2D eigenvalue weighted by atomic mass is 16.1. The quantitative estimate of drug-likeness (QED) is 0.454. The summed E-state index contributed by atoms with van der Waals surface area (Å²) in [5, 5.41) is 4.57. The fraction of sp³-hybridized carbons (Fsp3) is 0.333. The smallest absolute Gasteiger partial charge is 0.258 e. The van der Waals surface area contributed by atoms with Gasteiger partial charge in [-0.25, -0.2) is 4.98 Å². The van der Waals surface area contributed by atoms with E-state index in [2.05, 4.69) is 51.0 Å². The number of hydrogen-bond donors (Lipinski definition) is 2. The van der Waals surface area contributed by atoms with E-state index >= 15 is 0 Å². The average molecular weight is 440 g/mol. The standard InChI is InChI=1S/C27H29N5O/c1-18(24-13-27(33)32-10-3-2-7-26(32)30-24)28-14-19-8-9-21-12-23(29-25(21)11-19)17-31-15-22(16-31)20-5-4-6-20/h2-3,7-13,20,22,28-29H,1,4-6,14-17H2. The van der Waals surface area contributed by atoms with Crippen molar-refractivity contribution in [2.75, 3.05) is 13.1 Å². The second-order valence-corrected chi connectivity index (χ2v) is 9.60. The van der Waals surface area contributed by atoms with Gasteiger partial charge in [-0.3, -0.25) is 14.1 Å². The lowest BCUT2D eigenvalue weighted by Gasteiger charge is -2.46. The summed E-state index contributed by atoms with van der Waals surface area (Å²) in [5.74, 6) is 1.93. The van der Waals surface area contributed by atoms with Gasteiger partial charge in [0, 0.05) is 49.7 Å². The zero-order chi connectivity index (χ0) is 22.4. The minimum Gasteiger partial charge on any atom is -0.380 e. The van der Waals surface area contributed by atoms with Gasteiger partial charge in [-0.05, 0) is 47.1 Å². The van der Waals surface area contributed by atoms with Crippen molar-refractivity contribution in [2.45, 2.75) is 32.4 Å². The van der Waals surface area contributed by atoms with Crippen LogP contribution in [0, 0.1) is 11.8 Å².